The Labute approximate surface area is 212 Å². The molecule has 1 fully saturated rings. The highest BCUT2D eigenvalue weighted by atomic mass is 32.2. The highest BCUT2D eigenvalue weighted by molar-refractivity contribution is 7.89. The van der Waals surface area contributed by atoms with Crippen LogP contribution in [0.15, 0.2) is 54.3 Å². The summed E-state index contributed by atoms with van der Waals surface area (Å²) in [5.74, 6) is 0.616. The van der Waals surface area contributed by atoms with Crippen LogP contribution in [0.2, 0.25) is 0 Å². The van der Waals surface area contributed by atoms with E-state index in [0.717, 1.165) is 5.56 Å². The Morgan fingerprint density at radius 2 is 1.84 bits per heavy atom. The van der Waals surface area contributed by atoms with Crippen LogP contribution in [-0.2, 0) is 29.7 Å². The number of aryl methyl sites for hydroxylation is 3. The molecule has 0 amide bonds. The molecule has 1 saturated heterocycles. The molecule has 0 spiro atoms. The van der Waals surface area contributed by atoms with Crippen molar-refractivity contribution in [3.05, 3.63) is 55.1 Å². The van der Waals surface area contributed by atoms with Gasteiger partial charge in [0.15, 0.2) is 0 Å². The van der Waals surface area contributed by atoms with Gasteiger partial charge in [0, 0.05) is 76.2 Å². The number of rotatable bonds is 7. The normalized spacial score (nSPS) is 15.9. The van der Waals surface area contributed by atoms with E-state index in [-0.39, 0.29) is 24.4 Å². The van der Waals surface area contributed by atoms with Gasteiger partial charge in [-0.3, -0.25) is 22.8 Å². The lowest BCUT2D eigenvalue weighted by Crippen LogP contribution is -2.64. The van der Waals surface area contributed by atoms with Gasteiger partial charge in [-0.2, -0.15) is 19.6 Å². The van der Waals surface area contributed by atoms with Gasteiger partial charge >= 0.3 is 0 Å². The monoisotopic (exact) mass is 524 g/mol. The van der Waals surface area contributed by atoms with Crippen LogP contribution < -0.4 is 0 Å². The summed E-state index contributed by atoms with van der Waals surface area (Å²) in [6.45, 7) is 1.27. The third-order valence-corrected chi connectivity index (χ3v) is 8.70. The molecular weight excluding hydrogens is 499 g/mol. The molecular formula is C23H25FN10O2S. The summed E-state index contributed by atoms with van der Waals surface area (Å²) >= 11 is 0. The van der Waals surface area contributed by atoms with Crippen LogP contribution in [0, 0.1) is 6.92 Å². The molecule has 0 aliphatic carbocycles. The third-order valence-electron chi connectivity index (χ3n) is 6.80. The van der Waals surface area contributed by atoms with Gasteiger partial charge in [0.1, 0.15) is 16.4 Å². The molecule has 6 rings (SSSR count). The number of hydrogen-bond donors (Lipinski definition) is 0. The fourth-order valence-electron chi connectivity index (χ4n) is 4.87. The maximum atomic E-state index is 13.7. The largest absolute Gasteiger partial charge is 0.284 e. The van der Waals surface area contributed by atoms with E-state index in [9.17, 15) is 12.8 Å². The van der Waals surface area contributed by atoms with Crippen LogP contribution in [0.1, 0.15) is 12.1 Å². The number of fused-ring (bicyclic) bond motifs is 1. The van der Waals surface area contributed by atoms with Gasteiger partial charge in [0.05, 0.1) is 41.6 Å². The lowest BCUT2D eigenvalue weighted by Gasteiger charge is -2.48. The molecule has 0 saturated carbocycles. The van der Waals surface area contributed by atoms with Crippen LogP contribution in [0.5, 0.6) is 0 Å². The van der Waals surface area contributed by atoms with E-state index in [1.807, 2.05) is 29.9 Å². The van der Waals surface area contributed by atoms with Crippen molar-refractivity contribution in [2.24, 2.45) is 14.1 Å². The lowest BCUT2D eigenvalue weighted by molar-refractivity contribution is 0.0514. The number of alkyl halides is 1. The predicted molar refractivity (Wildman–Crippen MR) is 132 cm³/mol. The number of halogens is 1. The van der Waals surface area contributed by atoms with Gasteiger partial charge in [-0.25, -0.2) is 18.4 Å². The lowest BCUT2D eigenvalue weighted by atomic mass is 9.89. The highest BCUT2D eigenvalue weighted by Gasteiger charge is 2.51. The van der Waals surface area contributed by atoms with Gasteiger partial charge in [-0.05, 0) is 6.92 Å². The van der Waals surface area contributed by atoms with E-state index in [1.54, 1.807) is 48.1 Å². The van der Waals surface area contributed by atoms with E-state index >= 15 is 0 Å². The van der Waals surface area contributed by atoms with Gasteiger partial charge in [-0.1, -0.05) is 0 Å². The molecule has 37 heavy (non-hydrogen) atoms. The molecule has 14 heteroatoms. The zero-order valence-electron chi connectivity index (χ0n) is 20.5. The molecule has 5 aromatic rings. The highest BCUT2D eigenvalue weighted by Crippen LogP contribution is 2.38. The van der Waals surface area contributed by atoms with E-state index in [4.69, 9.17) is 4.98 Å². The van der Waals surface area contributed by atoms with Crippen molar-refractivity contribution in [2.45, 2.75) is 23.8 Å². The van der Waals surface area contributed by atoms with Crippen molar-refractivity contribution in [1.29, 1.82) is 0 Å². The molecule has 12 nitrogen and oxygen atoms in total. The second kappa shape index (κ2) is 8.31. The van der Waals surface area contributed by atoms with E-state index in [1.165, 1.54) is 15.2 Å². The number of sulfonamides is 1. The van der Waals surface area contributed by atoms with Crippen molar-refractivity contribution < 1.29 is 12.8 Å². The van der Waals surface area contributed by atoms with Gasteiger partial charge in [0.2, 0.25) is 10.0 Å². The Balaban J connectivity index is 1.35. The minimum absolute atomic E-state index is 0.109. The average molecular weight is 525 g/mol. The second-order valence-electron chi connectivity index (χ2n) is 9.39. The molecule has 0 unspecified atom stereocenters. The summed E-state index contributed by atoms with van der Waals surface area (Å²) in [5.41, 5.74) is 2.60. The molecule has 0 atom stereocenters. The minimum Gasteiger partial charge on any atom is -0.284 e. The Morgan fingerprint density at radius 3 is 2.51 bits per heavy atom. The predicted octanol–water partition coefficient (Wildman–Crippen LogP) is 1.79. The average Bonchev–Trinajstić information content (AvgIpc) is 3.62. The SMILES string of the molecule is Cc1nn(C)cc1S(=O)(=O)N1CC(CCF)(n2cc(-c3nc(-c4cnn(C)c4)cc4nccn34)cn2)C1. The van der Waals surface area contributed by atoms with Crippen LogP contribution in [0.4, 0.5) is 4.39 Å². The molecule has 0 radical (unpaired) electrons. The van der Waals surface area contributed by atoms with Crippen LogP contribution in [-0.4, -0.2) is 76.2 Å². The Hall–Kier alpha value is -3.91. The fraction of sp³-hybridized carbons (Fsp3) is 0.348. The summed E-state index contributed by atoms with van der Waals surface area (Å²) < 4.78 is 48.2. The van der Waals surface area contributed by atoms with Crippen molar-refractivity contribution in [3.8, 4) is 22.6 Å². The topological polar surface area (TPSA) is 121 Å². The Kier molecular flexibility index (Phi) is 5.28. The van der Waals surface area contributed by atoms with Crippen molar-refractivity contribution in [3.63, 3.8) is 0 Å². The minimum atomic E-state index is -3.76. The molecule has 1 aliphatic heterocycles. The van der Waals surface area contributed by atoms with Crippen LogP contribution >= 0.6 is 0 Å². The summed E-state index contributed by atoms with van der Waals surface area (Å²) in [5, 5.41) is 12.9. The summed E-state index contributed by atoms with van der Waals surface area (Å²) in [4.78, 5) is 9.42. The molecule has 0 bridgehead atoms. The van der Waals surface area contributed by atoms with E-state index in [0.29, 0.717) is 28.4 Å². The van der Waals surface area contributed by atoms with Crippen LogP contribution in [0.25, 0.3) is 28.3 Å². The van der Waals surface area contributed by atoms with E-state index < -0.39 is 22.2 Å². The summed E-state index contributed by atoms with van der Waals surface area (Å²) in [6, 6.07) is 1.88. The molecule has 0 aromatic carbocycles. The number of imidazole rings is 1. The zero-order chi connectivity index (χ0) is 25.9. The van der Waals surface area contributed by atoms with E-state index in [2.05, 4.69) is 20.3 Å². The first kappa shape index (κ1) is 23.5. The second-order valence-corrected chi connectivity index (χ2v) is 11.3. The summed E-state index contributed by atoms with van der Waals surface area (Å²) in [7, 11) is -0.243. The zero-order valence-corrected chi connectivity index (χ0v) is 21.3. The Bertz CT molecular complexity index is 1720. The molecule has 6 heterocycles. The fourth-order valence-corrected chi connectivity index (χ4v) is 6.67. The number of aromatic nitrogens is 9. The maximum absolute atomic E-state index is 13.7. The molecule has 192 valence electrons. The number of nitrogens with zero attached hydrogens (tertiary/aromatic N) is 10. The quantitative estimate of drug-likeness (QED) is 0.318. The van der Waals surface area contributed by atoms with Crippen molar-refractivity contribution in [2.75, 3.05) is 19.8 Å². The Morgan fingerprint density at radius 1 is 1.05 bits per heavy atom. The smallest absolute Gasteiger partial charge is 0.246 e. The first-order valence-electron chi connectivity index (χ1n) is 11.7. The number of hydrogen-bond acceptors (Lipinski definition) is 7. The van der Waals surface area contributed by atoms with Crippen molar-refractivity contribution >= 4 is 15.7 Å². The van der Waals surface area contributed by atoms with Crippen molar-refractivity contribution in [1.82, 2.24) is 48.0 Å². The first-order valence-corrected chi connectivity index (χ1v) is 13.1. The molecule has 5 aromatic heterocycles. The maximum Gasteiger partial charge on any atom is 0.246 e. The van der Waals surface area contributed by atoms with Crippen LogP contribution in [0.3, 0.4) is 0 Å². The third kappa shape index (κ3) is 3.74. The summed E-state index contributed by atoms with van der Waals surface area (Å²) in [6.07, 6.45) is 12.2. The van der Waals surface area contributed by atoms with Gasteiger partial charge in [-0.15, -0.1) is 0 Å². The molecule has 0 N–H and O–H groups in total. The first-order chi connectivity index (χ1) is 17.7. The standard InChI is InChI=1S/C23H25FN10O2S/c1-16-20(13-31(3)29-16)37(35,36)32-14-23(15-32,4-5-24)34-12-18(10-27-34)22-28-19(17-9-26-30(2)11-17)8-21-25-6-7-33(21)22/h6-13H,4-5,14-15H2,1-3H3. The van der Waals surface area contributed by atoms with Gasteiger partial charge < -0.3 is 0 Å². The molecule has 1 aliphatic rings. The van der Waals surface area contributed by atoms with Gasteiger partial charge in [0.25, 0.3) is 0 Å².